The Labute approximate surface area is 165 Å². The number of hydrogen-bond acceptors (Lipinski definition) is 5. The van der Waals surface area contributed by atoms with Crippen molar-refractivity contribution in [3.8, 4) is 0 Å². The number of piperazine rings is 1. The lowest BCUT2D eigenvalue weighted by Gasteiger charge is -2.34. The highest BCUT2D eigenvalue weighted by molar-refractivity contribution is 7.09. The molecule has 1 saturated heterocycles. The van der Waals surface area contributed by atoms with E-state index in [1.54, 1.807) is 29.2 Å². The number of amides is 1. The number of carbonyl (C=O) groups excluding carboxylic acids is 1. The molecule has 2 aromatic carbocycles. The Morgan fingerprint density at radius 3 is 2.46 bits per heavy atom. The SMILES string of the molecule is O=C(c1cccc(F)c1)N1CCN(c2nc(Cc3ccc(F)cc3)ns2)CC1. The van der Waals surface area contributed by atoms with Crippen LogP contribution in [0.3, 0.4) is 0 Å². The van der Waals surface area contributed by atoms with Crippen molar-refractivity contribution < 1.29 is 13.6 Å². The number of carbonyl (C=O) groups is 1. The van der Waals surface area contributed by atoms with Crippen molar-refractivity contribution in [1.29, 1.82) is 0 Å². The summed E-state index contributed by atoms with van der Waals surface area (Å²) < 4.78 is 30.7. The van der Waals surface area contributed by atoms with Crippen LogP contribution in [-0.4, -0.2) is 46.3 Å². The van der Waals surface area contributed by atoms with E-state index < -0.39 is 5.82 Å². The fourth-order valence-corrected chi connectivity index (χ4v) is 3.87. The molecule has 1 aliphatic heterocycles. The lowest BCUT2D eigenvalue weighted by Crippen LogP contribution is -2.48. The van der Waals surface area contributed by atoms with E-state index in [-0.39, 0.29) is 11.7 Å². The minimum absolute atomic E-state index is 0.159. The summed E-state index contributed by atoms with van der Waals surface area (Å²) in [6.07, 6.45) is 0.550. The van der Waals surface area contributed by atoms with Gasteiger partial charge < -0.3 is 9.80 Å². The zero-order valence-electron chi connectivity index (χ0n) is 15.0. The molecule has 0 radical (unpaired) electrons. The molecule has 3 aromatic rings. The maximum atomic E-state index is 13.3. The normalized spacial score (nSPS) is 14.4. The third kappa shape index (κ3) is 4.17. The Morgan fingerprint density at radius 1 is 1.00 bits per heavy atom. The minimum atomic E-state index is -0.410. The van der Waals surface area contributed by atoms with E-state index in [2.05, 4.69) is 14.3 Å². The highest BCUT2D eigenvalue weighted by Gasteiger charge is 2.24. The van der Waals surface area contributed by atoms with Gasteiger partial charge >= 0.3 is 0 Å². The van der Waals surface area contributed by atoms with Gasteiger partial charge in [-0.05, 0) is 35.9 Å². The first kappa shape index (κ1) is 18.5. The molecule has 8 heteroatoms. The first-order chi connectivity index (χ1) is 13.6. The highest BCUT2D eigenvalue weighted by Crippen LogP contribution is 2.21. The van der Waals surface area contributed by atoms with Gasteiger partial charge in [0.2, 0.25) is 5.13 Å². The molecule has 28 heavy (non-hydrogen) atoms. The summed E-state index contributed by atoms with van der Waals surface area (Å²) in [5.74, 6) is -0.133. The molecule has 144 valence electrons. The molecule has 2 heterocycles. The quantitative estimate of drug-likeness (QED) is 0.674. The summed E-state index contributed by atoms with van der Waals surface area (Å²) in [6, 6.07) is 12.1. The Hall–Kier alpha value is -2.87. The monoisotopic (exact) mass is 400 g/mol. The molecule has 1 aliphatic rings. The van der Waals surface area contributed by atoms with Gasteiger partial charge in [0.25, 0.3) is 5.91 Å². The standard InChI is InChI=1S/C20H18F2N4OS/c21-16-6-4-14(5-7-16)12-18-23-20(28-24-18)26-10-8-25(9-11-26)19(27)15-2-1-3-17(22)13-15/h1-7,13H,8-12H2. The van der Waals surface area contributed by atoms with Gasteiger partial charge in [-0.15, -0.1) is 0 Å². The van der Waals surface area contributed by atoms with E-state index in [4.69, 9.17) is 0 Å². The molecule has 0 atom stereocenters. The van der Waals surface area contributed by atoms with Crippen LogP contribution in [0.2, 0.25) is 0 Å². The van der Waals surface area contributed by atoms with Crippen LogP contribution in [-0.2, 0) is 6.42 Å². The first-order valence-corrected chi connectivity index (χ1v) is 9.72. The van der Waals surface area contributed by atoms with Crippen LogP contribution >= 0.6 is 11.5 Å². The molecule has 0 spiro atoms. The van der Waals surface area contributed by atoms with E-state index in [9.17, 15) is 13.6 Å². The van der Waals surface area contributed by atoms with Crippen LogP contribution in [0.25, 0.3) is 0 Å². The molecule has 1 aromatic heterocycles. The second-order valence-electron chi connectivity index (χ2n) is 6.59. The lowest BCUT2D eigenvalue weighted by molar-refractivity contribution is 0.0746. The van der Waals surface area contributed by atoms with Crippen molar-refractivity contribution in [2.24, 2.45) is 0 Å². The van der Waals surface area contributed by atoms with Crippen LogP contribution in [0.4, 0.5) is 13.9 Å². The number of anilines is 1. The van der Waals surface area contributed by atoms with Crippen molar-refractivity contribution in [1.82, 2.24) is 14.3 Å². The molecule has 0 unspecified atom stereocenters. The van der Waals surface area contributed by atoms with Crippen molar-refractivity contribution in [3.05, 3.63) is 77.1 Å². The zero-order chi connectivity index (χ0) is 19.5. The Morgan fingerprint density at radius 2 is 1.75 bits per heavy atom. The van der Waals surface area contributed by atoms with Crippen molar-refractivity contribution in [2.45, 2.75) is 6.42 Å². The largest absolute Gasteiger partial charge is 0.343 e. The molecule has 0 saturated carbocycles. The molecule has 0 N–H and O–H groups in total. The molecule has 1 fully saturated rings. The molecule has 5 nitrogen and oxygen atoms in total. The van der Waals surface area contributed by atoms with Crippen LogP contribution in [0.15, 0.2) is 48.5 Å². The van der Waals surface area contributed by atoms with E-state index in [0.717, 1.165) is 10.7 Å². The summed E-state index contributed by atoms with van der Waals surface area (Å²) >= 11 is 1.32. The summed E-state index contributed by atoms with van der Waals surface area (Å²) in [6.45, 7) is 2.38. The van der Waals surface area contributed by atoms with E-state index in [0.29, 0.717) is 44.0 Å². The van der Waals surface area contributed by atoms with Crippen molar-refractivity contribution in [3.63, 3.8) is 0 Å². The Balaban J connectivity index is 1.35. The molecule has 0 aliphatic carbocycles. The Kier molecular flexibility index (Phi) is 5.29. The number of rotatable bonds is 4. The molecule has 4 rings (SSSR count). The van der Waals surface area contributed by atoms with Gasteiger partial charge in [-0.3, -0.25) is 4.79 Å². The number of aromatic nitrogens is 2. The van der Waals surface area contributed by atoms with E-state index in [1.165, 1.54) is 35.8 Å². The van der Waals surface area contributed by atoms with Crippen LogP contribution in [0, 0.1) is 11.6 Å². The van der Waals surface area contributed by atoms with Gasteiger partial charge in [0.05, 0.1) is 0 Å². The Bertz CT molecular complexity index is 968. The summed E-state index contributed by atoms with van der Waals surface area (Å²) in [7, 11) is 0. The van der Waals surface area contributed by atoms with Crippen LogP contribution in [0.1, 0.15) is 21.7 Å². The minimum Gasteiger partial charge on any atom is -0.343 e. The summed E-state index contributed by atoms with van der Waals surface area (Å²) in [4.78, 5) is 20.9. The predicted octanol–water partition coefficient (Wildman–Crippen LogP) is 3.37. The summed E-state index contributed by atoms with van der Waals surface area (Å²) in [5, 5.41) is 0.815. The average molecular weight is 400 g/mol. The number of halogens is 2. The van der Waals surface area contributed by atoms with Crippen LogP contribution < -0.4 is 4.90 Å². The predicted molar refractivity (Wildman–Crippen MR) is 104 cm³/mol. The number of hydrogen-bond donors (Lipinski definition) is 0. The second-order valence-corrected chi connectivity index (χ2v) is 7.32. The fraction of sp³-hybridized carbons (Fsp3) is 0.250. The topological polar surface area (TPSA) is 49.3 Å². The maximum absolute atomic E-state index is 13.3. The lowest BCUT2D eigenvalue weighted by atomic mass is 10.1. The zero-order valence-corrected chi connectivity index (χ0v) is 15.8. The molecule has 1 amide bonds. The second kappa shape index (κ2) is 8.02. The maximum Gasteiger partial charge on any atom is 0.254 e. The van der Waals surface area contributed by atoms with Gasteiger partial charge in [-0.1, -0.05) is 18.2 Å². The van der Waals surface area contributed by atoms with Gasteiger partial charge in [-0.25, -0.2) is 13.8 Å². The molecular formula is C20H18F2N4OS. The first-order valence-electron chi connectivity index (χ1n) is 8.95. The van der Waals surface area contributed by atoms with Gasteiger partial charge in [0.1, 0.15) is 17.5 Å². The number of benzene rings is 2. The van der Waals surface area contributed by atoms with E-state index >= 15 is 0 Å². The third-order valence-corrected chi connectivity index (χ3v) is 5.46. The molecule has 0 bridgehead atoms. The third-order valence-electron chi connectivity index (χ3n) is 4.64. The van der Waals surface area contributed by atoms with Crippen LogP contribution in [0.5, 0.6) is 0 Å². The highest BCUT2D eigenvalue weighted by atomic mass is 32.1. The molecular weight excluding hydrogens is 382 g/mol. The smallest absolute Gasteiger partial charge is 0.254 e. The van der Waals surface area contributed by atoms with Gasteiger partial charge in [-0.2, -0.15) is 4.37 Å². The average Bonchev–Trinajstić information content (AvgIpc) is 3.18. The van der Waals surface area contributed by atoms with Gasteiger partial charge in [0.15, 0.2) is 0 Å². The van der Waals surface area contributed by atoms with E-state index in [1.807, 2.05) is 0 Å². The van der Waals surface area contributed by atoms with Crippen molar-refractivity contribution >= 4 is 22.6 Å². The van der Waals surface area contributed by atoms with Crippen molar-refractivity contribution in [2.75, 3.05) is 31.1 Å². The summed E-state index contributed by atoms with van der Waals surface area (Å²) in [5.41, 5.74) is 1.32. The fourth-order valence-electron chi connectivity index (χ4n) is 3.13. The number of nitrogens with zero attached hydrogens (tertiary/aromatic N) is 4. The van der Waals surface area contributed by atoms with Gasteiger partial charge in [0, 0.05) is 49.7 Å².